The number of carbonyl (C=O) groups is 2. The van der Waals surface area contributed by atoms with Gasteiger partial charge in [0.15, 0.2) is 6.10 Å². The van der Waals surface area contributed by atoms with Crippen molar-refractivity contribution in [2.45, 2.75) is 47.1 Å². The number of esters is 1. The predicted octanol–water partition coefficient (Wildman–Crippen LogP) is 4.58. The van der Waals surface area contributed by atoms with Crippen LogP contribution in [0.3, 0.4) is 0 Å². The monoisotopic (exact) mass is 369 g/mol. The SMILES string of the molecule is CCOC(=O)c1ccc(NC(=O)C(CC)Oc2cc(C)cc(C)c2)c(C)c1. The molecule has 5 heteroatoms. The summed E-state index contributed by atoms with van der Waals surface area (Å²) in [7, 11) is 0. The Morgan fingerprint density at radius 1 is 1.00 bits per heavy atom. The van der Waals surface area contributed by atoms with Crippen molar-refractivity contribution in [2.24, 2.45) is 0 Å². The minimum absolute atomic E-state index is 0.219. The van der Waals surface area contributed by atoms with Crippen molar-refractivity contribution in [1.29, 1.82) is 0 Å². The minimum Gasteiger partial charge on any atom is -0.481 e. The molecule has 2 aromatic rings. The van der Waals surface area contributed by atoms with E-state index in [0.717, 1.165) is 16.7 Å². The van der Waals surface area contributed by atoms with Gasteiger partial charge in [-0.2, -0.15) is 0 Å². The summed E-state index contributed by atoms with van der Waals surface area (Å²) in [5.41, 5.74) is 4.08. The Balaban J connectivity index is 2.11. The first-order chi connectivity index (χ1) is 12.8. The lowest BCUT2D eigenvalue weighted by atomic mass is 10.1. The van der Waals surface area contributed by atoms with Crippen LogP contribution in [0, 0.1) is 20.8 Å². The molecule has 0 radical (unpaired) electrons. The number of carbonyl (C=O) groups excluding carboxylic acids is 2. The molecule has 1 N–H and O–H groups in total. The van der Waals surface area contributed by atoms with Crippen LogP contribution in [0.2, 0.25) is 0 Å². The van der Waals surface area contributed by atoms with E-state index in [0.29, 0.717) is 30.0 Å². The molecular formula is C22H27NO4. The van der Waals surface area contributed by atoms with Gasteiger partial charge in [-0.05, 0) is 81.1 Å². The maximum absolute atomic E-state index is 12.7. The Morgan fingerprint density at radius 3 is 2.22 bits per heavy atom. The Hall–Kier alpha value is -2.82. The fourth-order valence-corrected chi connectivity index (χ4v) is 2.85. The molecule has 0 saturated heterocycles. The van der Waals surface area contributed by atoms with E-state index in [9.17, 15) is 9.59 Å². The first kappa shape index (κ1) is 20.5. The molecule has 0 saturated carbocycles. The Kier molecular flexibility index (Phi) is 6.99. The number of anilines is 1. The molecule has 2 rings (SSSR count). The second-order valence-electron chi connectivity index (χ2n) is 6.58. The molecular weight excluding hydrogens is 342 g/mol. The largest absolute Gasteiger partial charge is 0.481 e. The maximum Gasteiger partial charge on any atom is 0.338 e. The highest BCUT2D eigenvalue weighted by Gasteiger charge is 2.20. The first-order valence-electron chi connectivity index (χ1n) is 9.17. The lowest BCUT2D eigenvalue weighted by Crippen LogP contribution is -2.32. The number of hydrogen-bond acceptors (Lipinski definition) is 4. The van der Waals surface area contributed by atoms with E-state index in [1.54, 1.807) is 25.1 Å². The normalized spacial score (nSPS) is 11.6. The molecule has 5 nitrogen and oxygen atoms in total. The molecule has 1 amide bonds. The maximum atomic E-state index is 12.7. The molecule has 144 valence electrons. The van der Waals surface area contributed by atoms with Crippen LogP contribution in [0.25, 0.3) is 0 Å². The Morgan fingerprint density at radius 2 is 1.67 bits per heavy atom. The second kappa shape index (κ2) is 9.21. The van der Waals surface area contributed by atoms with E-state index in [2.05, 4.69) is 11.4 Å². The number of rotatable bonds is 7. The fourth-order valence-electron chi connectivity index (χ4n) is 2.85. The molecule has 0 aromatic heterocycles. The van der Waals surface area contributed by atoms with Crippen molar-refractivity contribution in [1.82, 2.24) is 0 Å². The number of hydrogen-bond donors (Lipinski definition) is 1. The molecule has 27 heavy (non-hydrogen) atoms. The Labute approximate surface area is 160 Å². The van der Waals surface area contributed by atoms with Crippen LogP contribution >= 0.6 is 0 Å². The van der Waals surface area contributed by atoms with Crippen LogP contribution in [0.4, 0.5) is 5.69 Å². The molecule has 0 fully saturated rings. The van der Waals surface area contributed by atoms with E-state index >= 15 is 0 Å². The van der Waals surface area contributed by atoms with Crippen molar-refractivity contribution >= 4 is 17.6 Å². The van der Waals surface area contributed by atoms with Gasteiger partial charge in [0.25, 0.3) is 5.91 Å². The van der Waals surface area contributed by atoms with E-state index in [4.69, 9.17) is 9.47 Å². The summed E-state index contributed by atoms with van der Waals surface area (Å²) < 4.78 is 10.9. The predicted molar refractivity (Wildman–Crippen MR) is 106 cm³/mol. The molecule has 0 bridgehead atoms. The third-order valence-electron chi connectivity index (χ3n) is 4.13. The van der Waals surface area contributed by atoms with E-state index < -0.39 is 6.10 Å². The zero-order valence-electron chi connectivity index (χ0n) is 16.6. The Bertz CT molecular complexity index is 809. The second-order valence-corrected chi connectivity index (χ2v) is 6.58. The van der Waals surface area contributed by atoms with Crippen molar-refractivity contribution in [3.05, 3.63) is 58.7 Å². The molecule has 1 atom stereocenters. The molecule has 0 spiro atoms. The van der Waals surface area contributed by atoms with Crippen LogP contribution in [0.15, 0.2) is 36.4 Å². The third-order valence-corrected chi connectivity index (χ3v) is 4.13. The van der Waals surface area contributed by atoms with Crippen LogP contribution in [-0.4, -0.2) is 24.6 Å². The van der Waals surface area contributed by atoms with Crippen LogP contribution in [0.5, 0.6) is 5.75 Å². The summed E-state index contributed by atoms with van der Waals surface area (Å²) in [6.07, 6.45) is -0.0611. The van der Waals surface area contributed by atoms with Gasteiger partial charge in [0.2, 0.25) is 0 Å². The summed E-state index contributed by atoms with van der Waals surface area (Å²) in [6.45, 7) is 9.82. The average molecular weight is 369 g/mol. The van der Waals surface area contributed by atoms with Gasteiger partial charge in [-0.1, -0.05) is 13.0 Å². The van der Waals surface area contributed by atoms with Crippen molar-refractivity contribution in [3.63, 3.8) is 0 Å². The molecule has 0 aliphatic carbocycles. The summed E-state index contributed by atoms with van der Waals surface area (Å²) in [5.74, 6) is 0.0931. The van der Waals surface area contributed by atoms with Gasteiger partial charge < -0.3 is 14.8 Å². The third kappa shape index (κ3) is 5.58. The number of nitrogens with one attached hydrogen (secondary N) is 1. The lowest BCUT2D eigenvalue weighted by molar-refractivity contribution is -0.122. The van der Waals surface area contributed by atoms with E-state index in [1.807, 2.05) is 39.8 Å². The first-order valence-corrected chi connectivity index (χ1v) is 9.17. The standard InChI is InChI=1S/C22H27NO4/c1-6-20(27-18-11-14(3)10-15(4)12-18)21(24)23-19-9-8-17(13-16(19)5)22(25)26-7-2/h8-13,20H,6-7H2,1-5H3,(H,23,24). The van der Waals surface area contributed by atoms with E-state index in [1.165, 1.54) is 0 Å². The van der Waals surface area contributed by atoms with Crippen molar-refractivity contribution in [2.75, 3.05) is 11.9 Å². The van der Waals surface area contributed by atoms with Crippen LogP contribution < -0.4 is 10.1 Å². The summed E-state index contributed by atoms with van der Waals surface area (Å²) in [5, 5.41) is 2.89. The van der Waals surface area contributed by atoms with Crippen molar-refractivity contribution in [3.8, 4) is 5.75 Å². The zero-order valence-corrected chi connectivity index (χ0v) is 16.6. The number of ether oxygens (including phenoxy) is 2. The molecule has 0 heterocycles. The zero-order chi connectivity index (χ0) is 20.0. The summed E-state index contributed by atoms with van der Waals surface area (Å²) in [6, 6.07) is 11.0. The fraction of sp³-hybridized carbons (Fsp3) is 0.364. The van der Waals surface area contributed by atoms with Gasteiger partial charge in [-0.25, -0.2) is 4.79 Å². The highest BCUT2D eigenvalue weighted by molar-refractivity contribution is 5.96. The summed E-state index contributed by atoms with van der Waals surface area (Å²) >= 11 is 0. The van der Waals surface area contributed by atoms with Gasteiger partial charge >= 0.3 is 5.97 Å². The average Bonchev–Trinajstić information content (AvgIpc) is 2.60. The highest BCUT2D eigenvalue weighted by atomic mass is 16.5. The molecule has 1 unspecified atom stereocenters. The quantitative estimate of drug-likeness (QED) is 0.725. The van der Waals surface area contributed by atoms with Crippen LogP contribution in [0.1, 0.15) is 47.3 Å². The van der Waals surface area contributed by atoms with Crippen LogP contribution in [-0.2, 0) is 9.53 Å². The van der Waals surface area contributed by atoms with Gasteiger partial charge in [0.1, 0.15) is 5.75 Å². The van der Waals surface area contributed by atoms with Gasteiger partial charge in [0.05, 0.1) is 12.2 Å². The number of benzene rings is 2. The summed E-state index contributed by atoms with van der Waals surface area (Å²) in [4.78, 5) is 24.5. The minimum atomic E-state index is -0.602. The lowest BCUT2D eigenvalue weighted by Gasteiger charge is -2.19. The molecule has 0 aliphatic heterocycles. The molecule has 2 aromatic carbocycles. The van der Waals surface area contributed by atoms with Crippen molar-refractivity contribution < 1.29 is 19.1 Å². The topological polar surface area (TPSA) is 64.6 Å². The number of amides is 1. The smallest absolute Gasteiger partial charge is 0.338 e. The highest BCUT2D eigenvalue weighted by Crippen LogP contribution is 2.21. The number of aryl methyl sites for hydroxylation is 3. The molecule has 0 aliphatic rings. The van der Waals surface area contributed by atoms with Gasteiger partial charge in [-0.3, -0.25) is 4.79 Å². The van der Waals surface area contributed by atoms with Gasteiger partial charge in [0, 0.05) is 5.69 Å². The van der Waals surface area contributed by atoms with Gasteiger partial charge in [-0.15, -0.1) is 0 Å². The van der Waals surface area contributed by atoms with E-state index in [-0.39, 0.29) is 11.9 Å².